The van der Waals surface area contributed by atoms with Crippen LogP contribution in [0.5, 0.6) is 0 Å². The summed E-state index contributed by atoms with van der Waals surface area (Å²) in [6, 6.07) is 12.8. The first-order chi connectivity index (χ1) is 9.70. The molecule has 102 valence electrons. The fourth-order valence-corrected chi connectivity index (χ4v) is 2.45. The first-order valence-electron chi connectivity index (χ1n) is 6.61. The number of rotatable bonds is 3. The van der Waals surface area contributed by atoms with Crippen molar-refractivity contribution in [3.8, 4) is 11.4 Å². The second kappa shape index (κ2) is 5.06. The molecule has 0 saturated heterocycles. The Bertz CT molecular complexity index is 762. The summed E-state index contributed by atoms with van der Waals surface area (Å²) in [5.41, 5.74) is 9.11. The van der Waals surface area contributed by atoms with E-state index in [1.807, 2.05) is 35.9 Å². The first-order valence-corrected chi connectivity index (χ1v) is 6.61. The van der Waals surface area contributed by atoms with Gasteiger partial charge in [-0.05, 0) is 42.8 Å². The lowest BCUT2D eigenvalue weighted by Gasteiger charge is -2.03. The van der Waals surface area contributed by atoms with Crippen LogP contribution in [0.3, 0.4) is 0 Å². The van der Waals surface area contributed by atoms with Crippen LogP contribution in [-0.4, -0.2) is 16.1 Å². The Labute approximate surface area is 116 Å². The number of aromatic nitrogens is 2. The highest BCUT2D eigenvalue weighted by atomic mass is 19.1. The molecule has 2 aromatic carbocycles. The van der Waals surface area contributed by atoms with Gasteiger partial charge < -0.3 is 10.3 Å². The second-order valence-corrected chi connectivity index (χ2v) is 4.84. The molecule has 1 heterocycles. The Balaban J connectivity index is 2.18. The summed E-state index contributed by atoms with van der Waals surface area (Å²) in [5, 5.41) is 0. The third-order valence-corrected chi connectivity index (χ3v) is 3.49. The van der Waals surface area contributed by atoms with Gasteiger partial charge in [-0.3, -0.25) is 0 Å². The molecule has 0 aliphatic rings. The predicted octanol–water partition coefficient (Wildman–Crippen LogP) is 2.88. The first kappa shape index (κ1) is 12.8. The molecule has 0 fully saturated rings. The molecule has 3 aromatic rings. The molecule has 3 nitrogen and oxygen atoms in total. The van der Waals surface area contributed by atoms with Crippen molar-refractivity contribution in [3.05, 3.63) is 53.8 Å². The van der Waals surface area contributed by atoms with Gasteiger partial charge >= 0.3 is 0 Å². The van der Waals surface area contributed by atoms with Crippen LogP contribution < -0.4 is 5.73 Å². The van der Waals surface area contributed by atoms with Crippen molar-refractivity contribution in [2.75, 3.05) is 6.54 Å². The van der Waals surface area contributed by atoms with Crippen LogP contribution in [0.4, 0.5) is 4.39 Å². The van der Waals surface area contributed by atoms with Crippen molar-refractivity contribution in [2.45, 2.75) is 6.42 Å². The van der Waals surface area contributed by atoms with Gasteiger partial charge in [0.05, 0.1) is 16.6 Å². The van der Waals surface area contributed by atoms with Crippen LogP contribution >= 0.6 is 0 Å². The van der Waals surface area contributed by atoms with E-state index in [2.05, 4.69) is 4.98 Å². The summed E-state index contributed by atoms with van der Waals surface area (Å²) in [6.07, 6.45) is 0.821. The number of fused-ring (bicyclic) bond motifs is 1. The van der Waals surface area contributed by atoms with Crippen LogP contribution in [-0.2, 0) is 13.5 Å². The maximum absolute atomic E-state index is 13.9. The number of hydrogen-bond donors (Lipinski definition) is 1. The highest BCUT2D eigenvalue weighted by Gasteiger charge is 2.13. The number of hydrogen-bond acceptors (Lipinski definition) is 2. The van der Waals surface area contributed by atoms with Gasteiger partial charge in [0.15, 0.2) is 0 Å². The molecule has 0 spiro atoms. The van der Waals surface area contributed by atoms with E-state index in [4.69, 9.17) is 5.73 Å². The number of imidazole rings is 1. The number of aryl methyl sites for hydroxylation is 1. The zero-order valence-electron chi connectivity index (χ0n) is 11.3. The molecule has 4 heteroatoms. The maximum Gasteiger partial charge on any atom is 0.143 e. The topological polar surface area (TPSA) is 43.8 Å². The van der Waals surface area contributed by atoms with Gasteiger partial charge in [-0.15, -0.1) is 0 Å². The summed E-state index contributed by atoms with van der Waals surface area (Å²) in [6.45, 7) is 0.610. The fourth-order valence-electron chi connectivity index (χ4n) is 2.45. The Morgan fingerprint density at radius 3 is 2.75 bits per heavy atom. The van der Waals surface area contributed by atoms with Gasteiger partial charge in [-0.1, -0.05) is 18.2 Å². The Morgan fingerprint density at radius 2 is 2.00 bits per heavy atom. The lowest BCUT2D eigenvalue weighted by Crippen LogP contribution is -2.02. The molecule has 0 unspecified atom stereocenters. The summed E-state index contributed by atoms with van der Waals surface area (Å²) in [7, 11) is 1.90. The van der Waals surface area contributed by atoms with Gasteiger partial charge in [0.2, 0.25) is 0 Å². The van der Waals surface area contributed by atoms with E-state index in [0.717, 1.165) is 23.0 Å². The van der Waals surface area contributed by atoms with Crippen LogP contribution in [0.25, 0.3) is 22.4 Å². The normalized spacial score (nSPS) is 11.2. The Hall–Kier alpha value is -2.20. The summed E-state index contributed by atoms with van der Waals surface area (Å²) in [5.74, 6) is 0.385. The third-order valence-electron chi connectivity index (χ3n) is 3.49. The van der Waals surface area contributed by atoms with Crippen LogP contribution in [0.2, 0.25) is 0 Å². The molecule has 2 N–H and O–H groups in total. The van der Waals surface area contributed by atoms with E-state index in [1.54, 1.807) is 12.1 Å². The van der Waals surface area contributed by atoms with Crippen LogP contribution in [0, 0.1) is 5.82 Å². The van der Waals surface area contributed by atoms with Crippen molar-refractivity contribution >= 4 is 11.0 Å². The maximum atomic E-state index is 13.9. The molecular formula is C16H16FN3. The molecule has 0 atom stereocenters. The third kappa shape index (κ3) is 2.08. The fraction of sp³-hybridized carbons (Fsp3) is 0.188. The van der Waals surface area contributed by atoms with E-state index in [9.17, 15) is 4.39 Å². The molecule has 1 aromatic heterocycles. The smallest absolute Gasteiger partial charge is 0.143 e. The number of nitrogens with zero attached hydrogens (tertiary/aromatic N) is 2. The molecular weight excluding hydrogens is 253 g/mol. The summed E-state index contributed by atoms with van der Waals surface area (Å²) < 4.78 is 15.8. The monoisotopic (exact) mass is 269 g/mol. The van der Waals surface area contributed by atoms with Gasteiger partial charge in [0.25, 0.3) is 0 Å². The van der Waals surface area contributed by atoms with Crippen molar-refractivity contribution in [2.24, 2.45) is 12.8 Å². The van der Waals surface area contributed by atoms with Gasteiger partial charge in [0, 0.05) is 7.05 Å². The highest BCUT2D eigenvalue weighted by molar-refractivity contribution is 5.81. The molecule has 0 radical (unpaired) electrons. The molecule has 0 saturated carbocycles. The zero-order chi connectivity index (χ0) is 14.1. The highest BCUT2D eigenvalue weighted by Crippen LogP contribution is 2.26. The van der Waals surface area contributed by atoms with Gasteiger partial charge in [0.1, 0.15) is 11.6 Å². The largest absolute Gasteiger partial charge is 0.330 e. The van der Waals surface area contributed by atoms with E-state index in [1.165, 1.54) is 6.07 Å². The quantitative estimate of drug-likeness (QED) is 0.794. The average molecular weight is 269 g/mol. The molecule has 20 heavy (non-hydrogen) atoms. The van der Waals surface area contributed by atoms with Crippen LogP contribution in [0.1, 0.15) is 5.56 Å². The second-order valence-electron chi connectivity index (χ2n) is 4.84. The van der Waals surface area contributed by atoms with E-state index in [-0.39, 0.29) is 5.82 Å². The SMILES string of the molecule is Cn1c(-c2ccccc2F)nc2cc(CCN)ccc21. The Morgan fingerprint density at radius 1 is 1.20 bits per heavy atom. The molecule has 0 aliphatic heterocycles. The van der Waals surface area contributed by atoms with Gasteiger partial charge in [-0.25, -0.2) is 9.37 Å². The van der Waals surface area contributed by atoms with Gasteiger partial charge in [-0.2, -0.15) is 0 Å². The summed E-state index contributed by atoms with van der Waals surface area (Å²) >= 11 is 0. The van der Waals surface area contributed by atoms with Crippen molar-refractivity contribution in [1.82, 2.24) is 9.55 Å². The molecule has 3 rings (SSSR count). The zero-order valence-corrected chi connectivity index (χ0v) is 11.3. The van der Waals surface area contributed by atoms with Crippen molar-refractivity contribution in [3.63, 3.8) is 0 Å². The lowest BCUT2D eigenvalue weighted by molar-refractivity contribution is 0.629. The number of nitrogens with two attached hydrogens (primary N) is 1. The molecule has 0 amide bonds. The predicted molar refractivity (Wildman–Crippen MR) is 78.9 cm³/mol. The van der Waals surface area contributed by atoms with E-state index in [0.29, 0.717) is 17.9 Å². The molecule has 0 bridgehead atoms. The van der Waals surface area contributed by atoms with Crippen LogP contribution in [0.15, 0.2) is 42.5 Å². The lowest BCUT2D eigenvalue weighted by atomic mass is 10.1. The molecule has 0 aliphatic carbocycles. The minimum Gasteiger partial charge on any atom is -0.330 e. The van der Waals surface area contributed by atoms with E-state index >= 15 is 0 Å². The average Bonchev–Trinajstić information content (AvgIpc) is 2.77. The van der Waals surface area contributed by atoms with E-state index < -0.39 is 0 Å². The number of halogens is 1. The Kier molecular flexibility index (Phi) is 3.24. The van der Waals surface area contributed by atoms with Crippen molar-refractivity contribution < 1.29 is 4.39 Å². The summed E-state index contributed by atoms with van der Waals surface area (Å²) in [4.78, 5) is 4.57. The minimum absolute atomic E-state index is 0.256. The van der Waals surface area contributed by atoms with Crippen molar-refractivity contribution in [1.29, 1.82) is 0 Å². The number of benzene rings is 2. The standard InChI is InChI=1S/C16H16FN3/c1-20-15-7-6-11(8-9-18)10-14(15)19-16(20)12-4-2-3-5-13(12)17/h2-7,10H,8-9,18H2,1H3. The minimum atomic E-state index is -0.256.